The second kappa shape index (κ2) is 5.87. The predicted molar refractivity (Wildman–Crippen MR) is 71.7 cm³/mol. The zero-order chi connectivity index (χ0) is 13.0. The molecule has 0 aliphatic carbocycles. The van der Waals surface area contributed by atoms with E-state index in [-0.39, 0.29) is 11.2 Å². The Labute approximate surface area is 111 Å². The van der Waals surface area contributed by atoms with Gasteiger partial charge in [-0.15, -0.1) is 11.6 Å². The van der Waals surface area contributed by atoms with Crippen molar-refractivity contribution in [3.63, 3.8) is 0 Å². The molecule has 0 spiro atoms. The first-order chi connectivity index (χ1) is 8.69. The molecule has 0 saturated carbocycles. The maximum absolute atomic E-state index is 13.1. The predicted octanol–water partition coefficient (Wildman–Crippen LogP) is 4.36. The van der Waals surface area contributed by atoms with E-state index in [9.17, 15) is 4.39 Å². The second-order valence-electron chi connectivity index (χ2n) is 4.07. The monoisotopic (exact) mass is 264 g/mol. The number of rotatable bonds is 4. The smallest absolute Gasteiger partial charge is 0.123 e. The molecule has 0 amide bonds. The van der Waals surface area contributed by atoms with Gasteiger partial charge in [-0.05, 0) is 41.8 Å². The molecule has 2 rings (SSSR count). The molecule has 2 aromatic carbocycles. The molecular weight excluding hydrogens is 251 g/mol. The molecule has 0 N–H and O–H groups in total. The van der Waals surface area contributed by atoms with Crippen molar-refractivity contribution in [3.8, 4) is 5.75 Å². The molecule has 0 bridgehead atoms. The van der Waals surface area contributed by atoms with Crippen LogP contribution in [0.15, 0.2) is 48.5 Å². The highest BCUT2D eigenvalue weighted by Gasteiger charge is 2.09. The zero-order valence-electron chi connectivity index (χ0n) is 10.1. The molecule has 3 heteroatoms. The van der Waals surface area contributed by atoms with Gasteiger partial charge in [0.15, 0.2) is 0 Å². The van der Waals surface area contributed by atoms with E-state index in [4.69, 9.17) is 16.3 Å². The molecule has 0 aromatic heterocycles. The van der Waals surface area contributed by atoms with Gasteiger partial charge in [0.2, 0.25) is 0 Å². The van der Waals surface area contributed by atoms with Gasteiger partial charge in [0.25, 0.3) is 0 Å². The number of halogens is 2. The van der Waals surface area contributed by atoms with Crippen LogP contribution < -0.4 is 4.74 Å². The lowest BCUT2D eigenvalue weighted by molar-refractivity contribution is 0.414. The van der Waals surface area contributed by atoms with Crippen molar-refractivity contribution in [2.75, 3.05) is 7.11 Å². The van der Waals surface area contributed by atoms with E-state index in [2.05, 4.69) is 0 Å². The number of alkyl halides is 1. The summed E-state index contributed by atoms with van der Waals surface area (Å²) in [5, 5.41) is -0.169. The van der Waals surface area contributed by atoms with E-state index in [0.29, 0.717) is 6.42 Å². The Hall–Kier alpha value is -1.54. The Morgan fingerprint density at radius 1 is 1.17 bits per heavy atom. The lowest BCUT2D eigenvalue weighted by Crippen LogP contribution is -1.96. The van der Waals surface area contributed by atoms with Crippen LogP contribution in [0.4, 0.5) is 4.39 Å². The van der Waals surface area contributed by atoms with Crippen molar-refractivity contribution in [1.82, 2.24) is 0 Å². The summed E-state index contributed by atoms with van der Waals surface area (Å²) in [6.45, 7) is 0. The quantitative estimate of drug-likeness (QED) is 0.746. The largest absolute Gasteiger partial charge is 0.497 e. The Bertz CT molecular complexity index is 510. The highest BCUT2D eigenvalue weighted by Crippen LogP contribution is 2.26. The van der Waals surface area contributed by atoms with Crippen LogP contribution in [0.25, 0.3) is 0 Å². The van der Waals surface area contributed by atoms with Crippen LogP contribution in [0.3, 0.4) is 0 Å². The van der Waals surface area contributed by atoms with Crippen LogP contribution in [0, 0.1) is 5.82 Å². The Balaban J connectivity index is 2.09. The minimum absolute atomic E-state index is 0.169. The van der Waals surface area contributed by atoms with Gasteiger partial charge in [0, 0.05) is 0 Å². The summed E-state index contributed by atoms with van der Waals surface area (Å²) in [7, 11) is 1.62. The number of benzene rings is 2. The van der Waals surface area contributed by atoms with Crippen molar-refractivity contribution < 1.29 is 9.13 Å². The maximum Gasteiger partial charge on any atom is 0.123 e. The van der Waals surface area contributed by atoms with E-state index in [1.807, 2.05) is 30.3 Å². The maximum atomic E-state index is 13.1. The highest BCUT2D eigenvalue weighted by molar-refractivity contribution is 6.20. The molecule has 0 heterocycles. The highest BCUT2D eigenvalue weighted by atomic mass is 35.5. The first-order valence-corrected chi connectivity index (χ1v) is 6.15. The molecule has 2 aromatic rings. The average Bonchev–Trinajstić information content (AvgIpc) is 2.39. The Kier molecular flexibility index (Phi) is 4.21. The molecule has 1 nitrogen and oxygen atoms in total. The number of methoxy groups -OCH3 is 1. The summed E-state index contributed by atoms with van der Waals surface area (Å²) in [6.07, 6.45) is 0.603. The van der Waals surface area contributed by atoms with Crippen LogP contribution in [-0.2, 0) is 6.42 Å². The summed E-state index contributed by atoms with van der Waals surface area (Å²) >= 11 is 6.33. The van der Waals surface area contributed by atoms with Crippen LogP contribution in [0.1, 0.15) is 16.5 Å². The van der Waals surface area contributed by atoms with Crippen molar-refractivity contribution in [2.24, 2.45) is 0 Å². The molecule has 0 aliphatic rings. The van der Waals surface area contributed by atoms with E-state index < -0.39 is 0 Å². The van der Waals surface area contributed by atoms with E-state index >= 15 is 0 Å². The second-order valence-corrected chi connectivity index (χ2v) is 4.60. The minimum atomic E-state index is -0.230. The summed E-state index contributed by atoms with van der Waals surface area (Å²) in [5.74, 6) is 0.569. The van der Waals surface area contributed by atoms with Gasteiger partial charge in [0.1, 0.15) is 11.6 Å². The van der Waals surface area contributed by atoms with Gasteiger partial charge in [-0.2, -0.15) is 0 Å². The number of hydrogen-bond donors (Lipinski definition) is 0. The van der Waals surface area contributed by atoms with E-state index in [1.54, 1.807) is 13.2 Å². The SMILES string of the molecule is COc1ccc(C(Cl)Cc2cccc(F)c2)cc1. The summed E-state index contributed by atoms with van der Waals surface area (Å²) in [6, 6.07) is 14.1. The zero-order valence-corrected chi connectivity index (χ0v) is 10.8. The molecule has 0 radical (unpaired) electrons. The fourth-order valence-electron chi connectivity index (χ4n) is 1.80. The lowest BCUT2D eigenvalue weighted by atomic mass is 10.0. The van der Waals surface area contributed by atoms with E-state index in [0.717, 1.165) is 16.9 Å². The molecule has 0 fully saturated rings. The molecule has 0 saturated heterocycles. The molecule has 1 atom stereocenters. The van der Waals surface area contributed by atoms with Crippen LogP contribution >= 0.6 is 11.6 Å². The standard InChI is InChI=1S/C15H14ClFO/c1-18-14-7-5-12(6-8-14)15(16)10-11-3-2-4-13(17)9-11/h2-9,15H,10H2,1H3. The summed E-state index contributed by atoms with van der Waals surface area (Å²) in [5.41, 5.74) is 1.90. The molecule has 0 aliphatic heterocycles. The van der Waals surface area contributed by atoms with Gasteiger partial charge < -0.3 is 4.74 Å². The average molecular weight is 265 g/mol. The third-order valence-corrected chi connectivity index (χ3v) is 3.19. The van der Waals surface area contributed by atoms with Crippen molar-refractivity contribution in [3.05, 3.63) is 65.5 Å². The third kappa shape index (κ3) is 3.23. The Morgan fingerprint density at radius 3 is 2.50 bits per heavy atom. The topological polar surface area (TPSA) is 9.23 Å². The lowest BCUT2D eigenvalue weighted by Gasteiger charge is -2.10. The van der Waals surface area contributed by atoms with Crippen LogP contribution in [-0.4, -0.2) is 7.11 Å². The van der Waals surface area contributed by atoms with Crippen LogP contribution in [0.5, 0.6) is 5.75 Å². The third-order valence-electron chi connectivity index (χ3n) is 2.78. The molecule has 18 heavy (non-hydrogen) atoms. The van der Waals surface area contributed by atoms with Gasteiger partial charge in [-0.25, -0.2) is 4.39 Å². The van der Waals surface area contributed by atoms with Crippen molar-refractivity contribution in [1.29, 1.82) is 0 Å². The van der Waals surface area contributed by atoms with Crippen molar-refractivity contribution in [2.45, 2.75) is 11.8 Å². The fourth-order valence-corrected chi connectivity index (χ4v) is 2.13. The van der Waals surface area contributed by atoms with Crippen molar-refractivity contribution >= 4 is 11.6 Å². The molecule has 1 unspecified atom stereocenters. The number of ether oxygens (including phenoxy) is 1. The normalized spacial score (nSPS) is 12.2. The number of hydrogen-bond acceptors (Lipinski definition) is 1. The molecular formula is C15H14ClFO. The van der Waals surface area contributed by atoms with Gasteiger partial charge in [-0.1, -0.05) is 24.3 Å². The fraction of sp³-hybridized carbons (Fsp3) is 0.200. The Morgan fingerprint density at radius 2 is 1.89 bits per heavy atom. The summed E-state index contributed by atoms with van der Waals surface area (Å²) < 4.78 is 18.1. The van der Waals surface area contributed by atoms with Crippen LogP contribution in [0.2, 0.25) is 0 Å². The first kappa shape index (κ1) is 12.9. The van der Waals surface area contributed by atoms with Gasteiger partial charge >= 0.3 is 0 Å². The van der Waals surface area contributed by atoms with Gasteiger partial charge in [0.05, 0.1) is 12.5 Å². The molecule has 94 valence electrons. The first-order valence-electron chi connectivity index (χ1n) is 5.71. The van der Waals surface area contributed by atoms with Gasteiger partial charge in [-0.3, -0.25) is 0 Å². The van der Waals surface area contributed by atoms with E-state index in [1.165, 1.54) is 12.1 Å². The summed E-state index contributed by atoms with van der Waals surface area (Å²) in [4.78, 5) is 0. The minimum Gasteiger partial charge on any atom is -0.497 e.